The summed E-state index contributed by atoms with van der Waals surface area (Å²) in [4.78, 5) is 11.2. The van der Waals surface area contributed by atoms with Crippen LogP contribution in [0.3, 0.4) is 0 Å². The molecule has 1 unspecified atom stereocenters. The van der Waals surface area contributed by atoms with E-state index < -0.39 is 0 Å². The van der Waals surface area contributed by atoms with Gasteiger partial charge in [0.2, 0.25) is 0 Å². The summed E-state index contributed by atoms with van der Waals surface area (Å²) in [5, 5.41) is 0. The van der Waals surface area contributed by atoms with Gasteiger partial charge in [0.1, 0.15) is 0 Å². The van der Waals surface area contributed by atoms with Gasteiger partial charge in [-0.15, -0.1) is 0 Å². The molecule has 2 heteroatoms. The number of ether oxygens (including phenoxy) is 1. The van der Waals surface area contributed by atoms with Gasteiger partial charge in [-0.1, -0.05) is 27.7 Å². The Morgan fingerprint density at radius 2 is 1.91 bits per heavy atom. The van der Waals surface area contributed by atoms with Gasteiger partial charge in [0.15, 0.2) is 0 Å². The molecule has 0 aromatic rings. The molecular weight excluding hydrogens is 140 g/mol. The Kier molecular flexibility index (Phi) is 3.56. The minimum atomic E-state index is -0.0972. The van der Waals surface area contributed by atoms with Gasteiger partial charge in [-0.3, -0.25) is 4.79 Å². The van der Waals surface area contributed by atoms with E-state index in [4.69, 9.17) is 4.74 Å². The van der Waals surface area contributed by atoms with Gasteiger partial charge < -0.3 is 4.74 Å². The second-order valence-corrected chi connectivity index (χ2v) is 3.85. The van der Waals surface area contributed by atoms with Gasteiger partial charge >= 0.3 is 5.97 Å². The quantitative estimate of drug-likeness (QED) is 0.576. The fourth-order valence-electron chi connectivity index (χ4n) is 1.27. The number of carbonyl (C=O) groups excluding carboxylic acids is 1. The lowest BCUT2D eigenvalue weighted by molar-refractivity contribution is -0.149. The van der Waals surface area contributed by atoms with Crippen molar-refractivity contribution in [3.63, 3.8) is 0 Å². The van der Waals surface area contributed by atoms with E-state index in [1.165, 1.54) is 7.11 Å². The van der Waals surface area contributed by atoms with Crippen LogP contribution in [-0.4, -0.2) is 13.1 Å². The monoisotopic (exact) mass is 158 g/mol. The van der Waals surface area contributed by atoms with E-state index in [-0.39, 0.29) is 17.3 Å². The minimum absolute atomic E-state index is 0.0157. The van der Waals surface area contributed by atoms with Crippen LogP contribution in [-0.2, 0) is 9.53 Å². The second-order valence-electron chi connectivity index (χ2n) is 3.85. The van der Waals surface area contributed by atoms with Gasteiger partial charge in [0.05, 0.1) is 13.0 Å². The topological polar surface area (TPSA) is 26.3 Å². The lowest BCUT2D eigenvalue weighted by Crippen LogP contribution is -2.28. The van der Waals surface area contributed by atoms with E-state index in [0.29, 0.717) is 0 Å². The molecule has 2 nitrogen and oxygen atoms in total. The lowest BCUT2D eigenvalue weighted by atomic mass is 9.79. The molecule has 0 heterocycles. The fourth-order valence-corrected chi connectivity index (χ4v) is 1.27. The van der Waals surface area contributed by atoms with Crippen LogP contribution in [0.15, 0.2) is 0 Å². The molecule has 0 bridgehead atoms. The number of carbonyl (C=O) groups is 1. The zero-order valence-electron chi connectivity index (χ0n) is 8.10. The van der Waals surface area contributed by atoms with Gasteiger partial charge in [0.25, 0.3) is 0 Å². The Balaban J connectivity index is 4.29. The molecule has 1 atom stereocenters. The third kappa shape index (κ3) is 2.91. The fraction of sp³-hybridized carbons (Fsp3) is 0.889. The summed E-state index contributed by atoms with van der Waals surface area (Å²) in [5.74, 6) is -0.0764. The first-order valence-electron chi connectivity index (χ1n) is 4.01. The average molecular weight is 158 g/mol. The molecule has 0 aliphatic heterocycles. The van der Waals surface area contributed by atoms with Gasteiger partial charge in [0, 0.05) is 0 Å². The summed E-state index contributed by atoms with van der Waals surface area (Å²) < 4.78 is 4.69. The van der Waals surface area contributed by atoms with Crippen molar-refractivity contribution < 1.29 is 9.53 Å². The average Bonchev–Trinajstić information content (AvgIpc) is 1.86. The molecule has 0 fully saturated rings. The van der Waals surface area contributed by atoms with Crippen LogP contribution in [0.4, 0.5) is 0 Å². The number of methoxy groups -OCH3 is 1. The van der Waals surface area contributed by atoms with Gasteiger partial charge in [-0.05, 0) is 11.8 Å². The SMILES string of the molecule is CCC(C(=O)OC)C(C)(C)C. The molecule has 0 N–H and O–H groups in total. The van der Waals surface area contributed by atoms with Crippen molar-refractivity contribution in [1.29, 1.82) is 0 Å². The molecule has 0 aliphatic carbocycles. The molecule has 11 heavy (non-hydrogen) atoms. The van der Waals surface area contributed by atoms with Crippen LogP contribution in [0.2, 0.25) is 0 Å². The third-order valence-electron chi connectivity index (χ3n) is 1.94. The molecule has 0 aromatic heterocycles. The van der Waals surface area contributed by atoms with Crippen molar-refractivity contribution in [2.45, 2.75) is 34.1 Å². The predicted molar refractivity (Wildman–Crippen MR) is 45.3 cm³/mol. The maximum absolute atomic E-state index is 11.2. The number of rotatable bonds is 2. The number of hydrogen-bond donors (Lipinski definition) is 0. The van der Waals surface area contributed by atoms with Crippen molar-refractivity contribution in [2.75, 3.05) is 7.11 Å². The molecule has 66 valence electrons. The standard InChI is InChI=1S/C9H18O2/c1-6-7(8(10)11-5)9(2,3)4/h7H,6H2,1-5H3. The summed E-state index contributed by atoms with van der Waals surface area (Å²) >= 11 is 0. The summed E-state index contributed by atoms with van der Waals surface area (Å²) in [5.41, 5.74) is 0.0157. The van der Waals surface area contributed by atoms with E-state index in [0.717, 1.165) is 6.42 Å². The van der Waals surface area contributed by atoms with Crippen LogP contribution < -0.4 is 0 Å². The Labute approximate surface area is 68.9 Å². The zero-order valence-corrected chi connectivity index (χ0v) is 8.10. The highest BCUT2D eigenvalue weighted by molar-refractivity contribution is 5.73. The lowest BCUT2D eigenvalue weighted by Gasteiger charge is -2.26. The number of esters is 1. The normalized spacial score (nSPS) is 14.3. The first-order chi connectivity index (χ1) is 4.93. The van der Waals surface area contributed by atoms with Crippen LogP contribution in [0, 0.1) is 11.3 Å². The Morgan fingerprint density at radius 3 is 2.00 bits per heavy atom. The smallest absolute Gasteiger partial charge is 0.309 e. The molecule has 0 aromatic carbocycles. The largest absolute Gasteiger partial charge is 0.469 e. The minimum Gasteiger partial charge on any atom is -0.469 e. The van der Waals surface area contributed by atoms with Crippen molar-refractivity contribution in [3.05, 3.63) is 0 Å². The van der Waals surface area contributed by atoms with Crippen molar-refractivity contribution in [1.82, 2.24) is 0 Å². The highest BCUT2D eigenvalue weighted by atomic mass is 16.5. The van der Waals surface area contributed by atoms with Gasteiger partial charge in [-0.25, -0.2) is 0 Å². The predicted octanol–water partition coefficient (Wildman–Crippen LogP) is 2.23. The molecule has 0 saturated carbocycles. The molecule has 0 rings (SSSR count). The molecule has 0 aliphatic rings. The second kappa shape index (κ2) is 3.74. The maximum atomic E-state index is 11.2. The van der Waals surface area contributed by atoms with E-state index in [1.807, 2.05) is 6.92 Å². The molecule has 0 amide bonds. The first kappa shape index (κ1) is 10.5. The van der Waals surface area contributed by atoms with E-state index in [9.17, 15) is 4.79 Å². The maximum Gasteiger partial charge on any atom is 0.309 e. The highest BCUT2D eigenvalue weighted by Gasteiger charge is 2.29. The van der Waals surface area contributed by atoms with Crippen molar-refractivity contribution in [3.8, 4) is 0 Å². The van der Waals surface area contributed by atoms with E-state index >= 15 is 0 Å². The third-order valence-corrected chi connectivity index (χ3v) is 1.94. The van der Waals surface area contributed by atoms with Crippen LogP contribution in [0.5, 0.6) is 0 Å². The van der Waals surface area contributed by atoms with Gasteiger partial charge in [-0.2, -0.15) is 0 Å². The van der Waals surface area contributed by atoms with Crippen LogP contribution in [0.1, 0.15) is 34.1 Å². The molecule has 0 saturated heterocycles. The molecule has 0 radical (unpaired) electrons. The Hall–Kier alpha value is -0.530. The zero-order chi connectivity index (χ0) is 9.07. The summed E-state index contributed by atoms with van der Waals surface area (Å²) in [7, 11) is 1.44. The van der Waals surface area contributed by atoms with Crippen molar-refractivity contribution >= 4 is 5.97 Å². The van der Waals surface area contributed by atoms with E-state index in [1.54, 1.807) is 0 Å². The summed E-state index contributed by atoms with van der Waals surface area (Å²) in [6.07, 6.45) is 0.843. The summed E-state index contributed by atoms with van der Waals surface area (Å²) in [6.45, 7) is 8.17. The number of hydrogen-bond acceptors (Lipinski definition) is 2. The Bertz CT molecular complexity index is 133. The van der Waals surface area contributed by atoms with Crippen LogP contribution in [0.25, 0.3) is 0 Å². The van der Waals surface area contributed by atoms with Crippen LogP contribution >= 0.6 is 0 Å². The first-order valence-corrected chi connectivity index (χ1v) is 4.01. The highest BCUT2D eigenvalue weighted by Crippen LogP contribution is 2.29. The molecule has 0 spiro atoms. The summed E-state index contributed by atoms with van der Waals surface area (Å²) in [6, 6.07) is 0. The molecular formula is C9H18O2. The van der Waals surface area contributed by atoms with Crippen molar-refractivity contribution in [2.24, 2.45) is 11.3 Å². The Morgan fingerprint density at radius 1 is 1.45 bits per heavy atom. The van der Waals surface area contributed by atoms with E-state index in [2.05, 4.69) is 20.8 Å².